The fraction of sp³-hybridized carbons (Fsp3) is 0.250. The van der Waals surface area contributed by atoms with Crippen molar-refractivity contribution in [1.29, 1.82) is 0 Å². The number of benzene rings is 2. The minimum atomic E-state index is -1.28. The van der Waals surface area contributed by atoms with Crippen molar-refractivity contribution < 1.29 is 18.5 Å². The first kappa shape index (κ1) is 19.1. The van der Waals surface area contributed by atoms with Gasteiger partial charge in [-0.3, -0.25) is 0 Å². The van der Waals surface area contributed by atoms with E-state index in [1.165, 1.54) is 11.7 Å². The number of hydrogen-bond donors (Lipinski definition) is 0. The highest BCUT2D eigenvalue weighted by atomic mass is 32.2. The van der Waals surface area contributed by atoms with Crippen LogP contribution in [0.15, 0.2) is 71.2 Å². The Labute approximate surface area is 150 Å². The molecule has 0 fully saturated rings. The quantitative estimate of drug-likeness (QED) is 0.479. The van der Waals surface area contributed by atoms with Crippen molar-refractivity contribution in [3.05, 3.63) is 77.4 Å². The lowest BCUT2D eigenvalue weighted by atomic mass is 10.2. The van der Waals surface area contributed by atoms with Crippen LogP contribution in [0.2, 0.25) is 0 Å². The first-order chi connectivity index (χ1) is 12.2. The Balaban J connectivity index is 1.80. The van der Waals surface area contributed by atoms with Gasteiger partial charge in [0.1, 0.15) is 12.4 Å². The molecule has 0 saturated carbocycles. The molecule has 5 heteroatoms. The van der Waals surface area contributed by atoms with Crippen LogP contribution < -0.4 is 0 Å². The average molecular weight is 358 g/mol. The summed E-state index contributed by atoms with van der Waals surface area (Å²) in [7, 11) is -1.28. The van der Waals surface area contributed by atoms with Gasteiger partial charge in [0.05, 0.1) is 30.3 Å². The molecule has 0 amide bonds. The van der Waals surface area contributed by atoms with Crippen molar-refractivity contribution in [3.8, 4) is 0 Å². The summed E-state index contributed by atoms with van der Waals surface area (Å²) in [4.78, 5) is 11.5. The maximum absolute atomic E-state index is 12.1. The van der Waals surface area contributed by atoms with Gasteiger partial charge in [-0.15, -0.1) is 0 Å². The minimum Gasteiger partial charge on any atom is -0.495 e. The molecule has 0 spiro atoms. The molecule has 0 N–H and O–H groups in total. The van der Waals surface area contributed by atoms with Crippen LogP contribution in [-0.2, 0) is 31.7 Å². The van der Waals surface area contributed by atoms with Crippen molar-refractivity contribution in [2.24, 2.45) is 0 Å². The highest BCUT2D eigenvalue weighted by molar-refractivity contribution is 7.88. The number of aldehydes is 1. The van der Waals surface area contributed by atoms with Crippen LogP contribution in [0.25, 0.3) is 0 Å². The van der Waals surface area contributed by atoms with E-state index in [2.05, 4.69) is 0 Å². The van der Waals surface area contributed by atoms with Crippen molar-refractivity contribution in [2.45, 2.75) is 31.0 Å². The lowest BCUT2D eigenvalue weighted by Gasteiger charge is -2.14. The monoisotopic (exact) mass is 358 g/mol. The Kier molecular flexibility index (Phi) is 8.09. The molecule has 0 saturated heterocycles. The van der Waals surface area contributed by atoms with Gasteiger partial charge in [0, 0.05) is 16.7 Å². The number of ether oxygens (including phenoxy) is 2. The Bertz CT molecular complexity index is 695. The van der Waals surface area contributed by atoms with Gasteiger partial charge in [0.15, 0.2) is 0 Å². The third-order valence-electron chi connectivity index (χ3n) is 3.48. The van der Waals surface area contributed by atoms with Crippen LogP contribution in [0, 0.1) is 6.92 Å². The summed E-state index contributed by atoms with van der Waals surface area (Å²) in [5.41, 5.74) is 2.17. The molecule has 0 radical (unpaired) electrons. The molecule has 132 valence electrons. The van der Waals surface area contributed by atoms with E-state index in [-0.39, 0.29) is 13.0 Å². The molecule has 0 bridgehead atoms. The molecule has 4 nitrogen and oxygen atoms in total. The van der Waals surface area contributed by atoms with Crippen LogP contribution >= 0.6 is 0 Å². The zero-order valence-corrected chi connectivity index (χ0v) is 15.0. The summed E-state index contributed by atoms with van der Waals surface area (Å²) in [6.45, 7) is 2.72. The largest absolute Gasteiger partial charge is 0.495 e. The molecule has 2 aromatic rings. The first-order valence-corrected chi connectivity index (χ1v) is 9.25. The SMILES string of the molecule is Cc1ccc(S(=O)/C=C/O[C@@H](CC=O)COCc2ccccc2)cc1. The number of carbonyl (C=O) groups excluding carboxylic acids is 1. The topological polar surface area (TPSA) is 52.6 Å². The Morgan fingerprint density at radius 2 is 1.80 bits per heavy atom. The second-order valence-electron chi connectivity index (χ2n) is 5.54. The lowest BCUT2D eigenvalue weighted by molar-refractivity contribution is -0.110. The Morgan fingerprint density at radius 1 is 1.08 bits per heavy atom. The number of carbonyl (C=O) groups is 1. The molecule has 1 unspecified atom stereocenters. The molecule has 0 aliphatic heterocycles. The molecule has 0 heterocycles. The van der Waals surface area contributed by atoms with Gasteiger partial charge in [0.2, 0.25) is 0 Å². The third-order valence-corrected chi connectivity index (χ3v) is 4.57. The van der Waals surface area contributed by atoms with Crippen LogP contribution in [0.4, 0.5) is 0 Å². The standard InChI is InChI=1S/C20H22O4S/c1-17-7-9-20(10-8-17)25(22)14-13-24-19(11-12-21)16-23-15-18-5-3-2-4-6-18/h2-10,12-14,19H,11,15-16H2,1H3/b14-13+/t19-,25?/m0/s1. The van der Waals surface area contributed by atoms with Gasteiger partial charge in [-0.1, -0.05) is 48.0 Å². The zero-order valence-electron chi connectivity index (χ0n) is 14.2. The summed E-state index contributed by atoms with van der Waals surface area (Å²) in [6.07, 6.45) is 2.00. The predicted molar refractivity (Wildman–Crippen MR) is 98.4 cm³/mol. The summed E-state index contributed by atoms with van der Waals surface area (Å²) >= 11 is 0. The lowest BCUT2D eigenvalue weighted by Crippen LogP contribution is -2.18. The smallest absolute Gasteiger partial charge is 0.128 e. The first-order valence-electron chi connectivity index (χ1n) is 8.03. The maximum Gasteiger partial charge on any atom is 0.128 e. The number of aryl methyl sites for hydroxylation is 1. The van der Waals surface area contributed by atoms with E-state index in [1.54, 1.807) is 0 Å². The maximum atomic E-state index is 12.1. The van der Waals surface area contributed by atoms with E-state index in [1.807, 2.05) is 61.5 Å². The van der Waals surface area contributed by atoms with E-state index in [4.69, 9.17) is 9.47 Å². The van der Waals surface area contributed by atoms with Crippen molar-refractivity contribution in [1.82, 2.24) is 0 Å². The molecule has 25 heavy (non-hydrogen) atoms. The Morgan fingerprint density at radius 3 is 2.48 bits per heavy atom. The predicted octanol–water partition coefficient (Wildman–Crippen LogP) is 3.76. The van der Waals surface area contributed by atoms with Crippen LogP contribution in [0.3, 0.4) is 0 Å². The summed E-state index contributed by atoms with van der Waals surface area (Å²) < 4.78 is 23.2. The van der Waals surface area contributed by atoms with Crippen LogP contribution in [-0.4, -0.2) is 23.2 Å². The van der Waals surface area contributed by atoms with Gasteiger partial charge in [-0.05, 0) is 24.6 Å². The van der Waals surface area contributed by atoms with Gasteiger partial charge in [-0.2, -0.15) is 0 Å². The second-order valence-corrected chi connectivity index (χ2v) is 6.88. The van der Waals surface area contributed by atoms with Gasteiger partial charge >= 0.3 is 0 Å². The Hall–Kier alpha value is -2.24. The van der Waals surface area contributed by atoms with Crippen molar-refractivity contribution in [2.75, 3.05) is 6.61 Å². The van der Waals surface area contributed by atoms with E-state index in [0.717, 1.165) is 17.4 Å². The van der Waals surface area contributed by atoms with Crippen LogP contribution in [0.5, 0.6) is 0 Å². The summed E-state index contributed by atoms with van der Waals surface area (Å²) in [5, 5.41) is 1.47. The molecule has 0 aromatic heterocycles. The summed E-state index contributed by atoms with van der Waals surface area (Å²) in [5.74, 6) is 0. The van der Waals surface area contributed by atoms with Crippen molar-refractivity contribution in [3.63, 3.8) is 0 Å². The van der Waals surface area contributed by atoms with E-state index < -0.39 is 16.9 Å². The highest BCUT2D eigenvalue weighted by Gasteiger charge is 2.08. The molecular weight excluding hydrogens is 336 g/mol. The van der Waals surface area contributed by atoms with E-state index in [9.17, 15) is 9.00 Å². The van der Waals surface area contributed by atoms with E-state index in [0.29, 0.717) is 11.5 Å². The highest BCUT2D eigenvalue weighted by Crippen LogP contribution is 2.10. The van der Waals surface area contributed by atoms with Crippen molar-refractivity contribution >= 4 is 17.1 Å². The second kappa shape index (κ2) is 10.6. The molecule has 2 aromatic carbocycles. The van der Waals surface area contributed by atoms with Crippen LogP contribution in [0.1, 0.15) is 17.5 Å². The molecular formula is C20H22O4S. The van der Waals surface area contributed by atoms with Gasteiger partial charge < -0.3 is 14.3 Å². The van der Waals surface area contributed by atoms with Gasteiger partial charge in [0.25, 0.3) is 0 Å². The number of rotatable bonds is 10. The number of hydrogen-bond acceptors (Lipinski definition) is 4. The average Bonchev–Trinajstić information content (AvgIpc) is 2.63. The fourth-order valence-corrected chi connectivity index (χ4v) is 2.82. The fourth-order valence-electron chi connectivity index (χ4n) is 2.10. The molecule has 2 rings (SSSR count). The van der Waals surface area contributed by atoms with E-state index >= 15 is 0 Å². The summed E-state index contributed by atoms with van der Waals surface area (Å²) in [6, 6.07) is 17.2. The third kappa shape index (κ3) is 7.03. The molecule has 0 aliphatic carbocycles. The van der Waals surface area contributed by atoms with Gasteiger partial charge in [-0.25, -0.2) is 4.21 Å². The minimum absolute atomic E-state index is 0.219. The molecule has 0 aliphatic rings. The zero-order chi connectivity index (χ0) is 17.9. The normalized spacial score (nSPS) is 13.5. The molecule has 2 atom stereocenters.